The van der Waals surface area contributed by atoms with Crippen LogP contribution in [0.5, 0.6) is 0 Å². The number of hydrogen-bond donors (Lipinski definition) is 1. The molecular weight excluding hydrogens is 314 g/mol. The fourth-order valence-corrected chi connectivity index (χ4v) is 4.84. The van der Waals surface area contributed by atoms with Gasteiger partial charge < -0.3 is 15.0 Å². The molecule has 25 heavy (non-hydrogen) atoms. The highest BCUT2D eigenvalue weighted by atomic mass is 16.5. The Kier molecular flexibility index (Phi) is 4.54. The molecule has 0 spiro atoms. The van der Waals surface area contributed by atoms with Gasteiger partial charge in [-0.3, -0.25) is 9.78 Å². The van der Waals surface area contributed by atoms with Crippen LogP contribution in [0.25, 0.3) is 0 Å². The second kappa shape index (κ2) is 6.69. The van der Waals surface area contributed by atoms with Gasteiger partial charge in [0.1, 0.15) is 0 Å². The van der Waals surface area contributed by atoms with Crippen LogP contribution in [-0.2, 0) is 16.1 Å². The number of carbonyl (C=O) groups is 1. The van der Waals surface area contributed by atoms with Gasteiger partial charge in [-0.1, -0.05) is 6.07 Å². The maximum absolute atomic E-state index is 12.4. The quantitative estimate of drug-likeness (QED) is 0.889. The predicted molar refractivity (Wildman–Crippen MR) is 95.7 cm³/mol. The van der Waals surface area contributed by atoms with Gasteiger partial charge in [0, 0.05) is 51.1 Å². The van der Waals surface area contributed by atoms with Crippen molar-refractivity contribution >= 4 is 5.91 Å². The highest BCUT2D eigenvalue weighted by Crippen LogP contribution is 2.52. The Balaban J connectivity index is 1.20. The molecule has 0 aromatic carbocycles. The zero-order chi connectivity index (χ0) is 17.4. The van der Waals surface area contributed by atoms with Crippen LogP contribution in [0.4, 0.5) is 0 Å². The number of amides is 1. The Morgan fingerprint density at radius 1 is 1.40 bits per heavy atom. The maximum atomic E-state index is 12.4. The molecule has 4 atom stereocenters. The van der Waals surface area contributed by atoms with E-state index in [1.54, 1.807) is 6.20 Å². The molecule has 0 radical (unpaired) electrons. The largest absolute Gasteiger partial charge is 0.376 e. The fourth-order valence-electron chi connectivity index (χ4n) is 4.84. The molecular formula is C20H29N3O2. The zero-order valence-corrected chi connectivity index (χ0v) is 15.3. The zero-order valence-electron chi connectivity index (χ0n) is 15.3. The highest BCUT2D eigenvalue weighted by Gasteiger charge is 2.59. The highest BCUT2D eigenvalue weighted by molar-refractivity contribution is 5.82. The fraction of sp³-hybridized carbons (Fsp3) is 0.700. The second-order valence-corrected chi connectivity index (χ2v) is 8.62. The van der Waals surface area contributed by atoms with E-state index in [1.807, 2.05) is 18.3 Å². The third kappa shape index (κ3) is 3.87. The van der Waals surface area contributed by atoms with Crippen LogP contribution in [0.2, 0.25) is 0 Å². The first-order valence-corrected chi connectivity index (χ1v) is 9.55. The van der Waals surface area contributed by atoms with Gasteiger partial charge in [-0.2, -0.15) is 0 Å². The van der Waals surface area contributed by atoms with Crippen molar-refractivity contribution in [2.24, 2.45) is 23.7 Å². The smallest absolute Gasteiger partial charge is 0.224 e. The third-order valence-corrected chi connectivity index (χ3v) is 6.08. The van der Waals surface area contributed by atoms with Crippen LogP contribution in [-0.4, -0.2) is 47.6 Å². The van der Waals surface area contributed by atoms with E-state index in [9.17, 15) is 4.79 Å². The van der Waals surface area contributed by atoms with Gasteiger partial charge in [-0.05, 0) is 56.1 Å². The molecule has 1 amide bonds. The summed E-state index contributed by atoms with van der Waals surface area (Å²) in [5.41, 5.74) is 1.09. The van der Waals surface area contributed by atoms with E-state index in [4.69, 9.17) is 4.74 Å². The summed E-state index contributed by atoms with van der Waals surface area (Å²) in [4.78, 5) is 19.1. The summed E-state index contributed by atoms with van der Waals surface area (Å²) in [7, 11) is 0. The molecule has 0 bridgehead atoms. The minimum atomic E-state index is 0.0281. The Bertz CT molecular complexity index is 607. The van der Waals surface area contributed by atoms with Crippen molar-refractivity contribution in [2.45, 2.75) is 38.8 Å². The Morgan fingerprint density at radius 2 is 2.20 bits per heavy atom. The number of nitrogens with zero attached hydrogens (tertiary/aromatic N) is 2. The molecule has 2 aliphatic heterocycles. The minimum absolute atomic E-state index is 0.0281. The van der Waals surface area contributed by atoms with Crippen LogP contribution in [0.3, 0.4) is 0 Å². The van der Waals surface area contributed by atoms with Gasteiger partial charge >= 0.3 is 0 Å². The normalized spacial score (nSPS) is 33.7. The van der Waals surface area contributed by atoms with Gasteiger partial charge in [0.25, 0.3) is 0 Å². The average molecular weight is 343 g/mol. The summed E-state index contributed by atoms with van der Waals surface area (Å²) in [6.45, 7) is 9.22. The lowest BCUT2D eigenvalue weighted by atomic mass is 9.88. The van der Waals surface area contributed by atoms with Crippen molar-refractivity contribution in [3.8, 4) is 0 Å². The van der Waals surface area contributed by atoms with E-state index in [-0.39, 0.29) is 17.4 Å². The van der Waals surface area contributed by atoms with Crippen LogP contribution in [0.15, 0.2) is 24.5 Å². The third-order valence-electron chi connectivity index (χ3n) is 6.08. The topological polar surface area (TPSA) is 54.5 Å². The van der Waals surface area contributed by atoms with Gasteiger partial charge in [-0.25, -0.2) is 0 Å². The number of rotatable bonds is 5. The summed E-state index contributed by atoms with van der Waals surface area (Å²) in [6, 6.07) is 3.90. The van der Waals surface area contributed by atoms with Crippen molar-refractivity contribution < 1.29 is 9.53 Å². The van der Waals surface area contributed by atoms with Crippen LogP contribution in [0.1, 0.15) is 32.3 Å². The number of piperidine rings is 1. The monoisotopic (exact) mass is 343 g/mol. The van der Waals surface area contributed by atoms with Crippen molar-refractivity contribution in [2.75, 3.05) is 26.2 Å². The Morgan fingerprint density at radius 3 is 2.88 bits per heavy atom. The summed E-state index contributed by atoms with van der Waals surface area (Å²) >= 11 is 0. The van der Waals surface area contributed by atoms with E-state index in [0.29, 0.717) is 18.4 Å². The van der Waals surface area contributed by atoms with Crippen molar-refractivity contribution in [1.82, 2.24) is 15.2 Å². The number of pyridine rings is 1. The number of carbonyl (C=O) groups excluding carboxylic acids is 1. The van der Waals surface area contributed by atoms with E-state index >= 15 is 0 Å². The average Bonchev–Trinajstić information content (AvgIpc) is 3.09. The van der Waals surface area contributed by atoms with Crippen LogP contribution < -0.4 is 5.32 Å². The molecule has 1 saturated carbocycles. The lowest BCUT2D eigenvalue weighted by molar-refractivity contribution is -0.123. The molecule has 5 heteroatoms. The van der Waals surface area contributed by atoms with Crippen molar-refractivity contribution in [3.63, 3.8) is 0 Å². The SMILES string of the molecule is CC1(C)C[C@@H](CN2C[C@@H]3C(C(=O)NCc4cccnc4)[C@@H]3C2)CCO1. The standard InChI is InChI=1S/C20H29N3O2/c1-20(2)8-14(5-7-25-20)11-23-12-16-17(13-23)18(16)19(24)22-10-15-4-3-6-21-9-15/h3-4,6,9,14,16-18H,5,7-8,10-13H2,1-2H3,(H,22,24)/t14-,16-,17+,18?/m0/s1. The van der Waals surface area contributed by atoms with Crippen molar-refractivity contribution in [1.29, 1.82) is 0 Å². The number of likely N-dealkylation sites (tertiary alicyclic amines) is 1. The van der Waals surface area contributed by atoms with Gasteiger partial charge in [0.2, 0.25) is 5.91 Å². The number of fused-ring (bicyclic) bond motifs is 1. The summed E-state index contributed by atoms with van der Waals surface area (Å²) in [5.74, 6) is 2.34. The maximum Gasteiger partial charge on any atom is 0.224 e. The molecule has 3 heterocycles. The van der Waals surface area contributed by atoms with E-state index < -0.39 is 0 Å². The second-order valence-electron chi connectivity index (χ2n) is 8.62. The number of aromatic nitrogens is 1. The molecule has 1 aromatic rings. The number of ether oxygens (including phenoxy) is 1. The molecule has 136 valence electrons. The molecule has 2 saturated heterocycles. The van der Waals surface area contributed by atoms with E-state index in [0.717, 1.165) is 37.6 Å². The number of nitrogens with one attached hydrogen (secondary N) is 1. The number of hydrogen-bond acceptors (Lipinski definition) is 4. The van der Waals surface area contributed by atoms with Gasteiger partial charge in [0.15, 0.2) is 0 Å². The van der Waals surface area contributed by atoms with E-state index in [1.165, 1.54) is 13.0 Å². The molecule has 3 aliphatic rings. The first kappa shape index (κ1) is 17.0. The Hall–Kier alpha value is -1.46. The molecule has 1 unspecified atom stereocenters. The first-order chi connectivity index (χ1) is 12.0. The minimum Gasteiger partial charge on any atom is -0.376 e. The lowest BCUT2D eigenvalue weighted by Gasteiger charge is -2.37. The Labute approximate surface area is 150 Å². The molecule has 1 N–H and O–H groups in total. The summed E-state index contributed by atoms with van der Waals surface area (Å²) in [6.07, 6.45) is 5.88. The summed E-state index contributed by atoms with van der Waals surface area (Å²) in [5, 5.41) is 3.08. The van der Waals surface area contributed by atoms with Gasteiger partial charge in [-0.15, -0.1) is 0 Å². The van der Waals surface area contributed by atoms with Crippen LogP contribution >= 0.6 is 0 Å². The first-order valence-electron chi connectivity index (χ1n) is 9.55. The van der Waals surface area contributed by atoms with Crippen LogP contribution in [0, 0.1) is 23.7 Å². The van der Waals surface area contributed by atoms with E-state index in [2.05, 4.69) is 29.0 Å². The summed E-state index contributed by atoms with van der Waals surface area (Å²) < 4.78 is 5.83. The molecule has 5 nitrogen and oxygen atoms in total. The molecule has 1 aromatic heterocycles. The lowest BCUT2D eigenvalue weighted by Crippen LogP contribution is -2.40. The molecule has 3 fully saturated rings. The molecule has 4 rings (SSSR count). The van der Waals surface area contributed by atoms with Crippen molar-refractivity contribution in [3.05, 3.63) is 30.1 Å². The molecule has 1 aliphatic carbocycles. The predicted octanol–water partition coefficient (Wildman–Crippen LogP) is 2.08. The van der Waals surface area contributed by atoms with Gasteiger partial charge in [0.05, 0.1) is 5.60 Å².